The second-order valence-electron chi connectivity index (χ2n) is 6.67. The van der Waals surface area contributed by atoms with Crippen LogP contribution in [-0.2, 0) is 9.53 Å². The average molecular weight is 382 g/mol. The van der Waals surface area contributed by atoms with Gasteiger partial charge >= 0.3 is 5.97 Å². The molecule has 0 aliphatic carbocycles. The molecule has 1 aliphatic heterocycles. The Labute approximate surface area is 162 Å². The lowest BCUT2D eigenvalue weighted by molar-refractivity contribution is -0.121. The molecule has 0 spiro atoms. The van der Waals surface area contributed by atoms with Crippen LogP contribution in [-0.4, -0.2) is 23.0 Å². The lowest BCUT2D eigenvalue weighted by atomic mass is 10.0. The number of carbonyl (C=O) groups excluding carboxylic acids is 3. The summed E-state index contributed by atoms with van der Waals surface area (Å²) in [5, 5.41) is 12.9. The molecule has 0 radical (unpaired) electrons. The zero-order chi connectivity index (χ0) is 20.3. The third kappa shape index (κ3) is 4.04. The van der Waals surface area contributed by atoms with Crippen LogP contribution >= 0.6 is 0 Å². The van der Waals surface area contributed by atoms with Crippen LogP contribution in [0.5, 0.6) is 0 Å². The molecule has 1 atom stereocenters. The van der Waals surface area contributed by atoms with Crippen molar-refractivity contribution in [2.45, 2.75) is 39.2 Å². The number of nitrogens with zero attached hydrogens (tertiary/aromatic N) is 1. The van der Waals surface area contributed by atoms with E-state index in [-0.39, 0.29) is 23.3 Å². The van der Waals surface area contributed by atoms with Crippen molar-refractivity contribution in [1.82, 2.24) is 0 Å². The molecule has 2 N–H and O–H groups in total. The fourth-order valence-corrected chi connectivity index (χ4v) is 3.12. The van der Waals surface area contributed by atoms with Gasteiger partial charge in [-0.05, 0) is 43.2 Å². The third-order valence-electron chi connectivity index (χ3n) is 4.60. The number of hydrogen-bond donors (Lipinski definition) is 2. The number of ether oxygens (including phenoxy) is 1. The molecule has 2 aromatic rings. The predicted octanol–water partition coefficient (Wildman–Crippen LogP) is 4.08. The molecule has 0 saturated heterocycles. The first-order valence-electron chi connectivity index (χ1n) is 9.16. The van der Waals surface area contributed by atoms with Gasteiger partial charge < -0.3 is 10.1 Å². The number of cyclic esters (lactones) is 1. The quantitative estimate of drug-likeness (QED) is 0.446. The van der Waals surface area contributed by atoms with Crippen LogP contribution in [0.2, 0.25) is 0 Å². The van der Waals surface area contributed by atoms with Gasteiger partial charge in [0.1, 0.15) is 6.10 Å². The number of amides is 2. The van der Waals surface area contributed by atoms with Crippen LogP contribution in [0, 0.1) is 0 Å². The maximum Gasteiger partial charge on any atom is 0.339 e. The summed E-state index contributed by atoms with van der Waals surface area (Å²) >= 11 is 0. The Bertz CT molecular complexity index is 925. The van der Waals surface area contributed by atoms with Crippen molar-refractivity contribution in [2.75, 3.05) is 10.4 Å². The molecule has 7 nitrogen and oxygen atoms in total. The van der Waals surface area contributed by atoms with E-state index >= 15 is 0 Å². The standard InChI is InChI=1S/C21H22N2O5/c1-3-4-8-19-17-10-9-15(12-18(17)21(26)28-19)22-20(25)14-6-5-7-16(11-14)23(27)13(2)24/h5-7,9-12,19,27H,3-4,8H2,1-2H3,(H,22,25). The summed E-state index contributed by atoms with van der Waals surface area (Å²) in [6, 6.07) is 11.2. The van der Waals surface area contributed by atoms with E-state index in [0.717, 1.165) is 24.8 Å². The second-order valence-corrected chi connectivity index (χ2v) is 6.67. The topological polar surface area (TPSA) is 95.9 Å². The van der Waals surface area contributed by atoms with E-state index < -0.39 is 11.8 Å². The summed E-state index contributed by atoms with van der Waals surface area (Å²) in [7, 11) is 0. The van der Waals surface area contributed by atoms with Crippen LogP contribution in [0.15, 0.2) is 42.5 Å². The average Bonchev–Trinajstić information content (AvgIpc) is 3.01. The van der Waals surface area contributed by atoms with Gasteiger partial charge in [0, 0.05) is 23.7 Å². The molecule has 2 amide bonds. The molecule has 146 valence electrons. The zero-order valence-corrected chi connectivity index (χ0v) is 15.8. The van der Waals surface area contributed by atoms with Crippen LogP contribution in [0.25, 0.3) is 0 Å². The summed E-state index contributed by atoms with van der Waals surface area (Å²) in [5.74, 6) is -1.37. The maximum absolute atomic E-state index is 12.5. The Hall–Kier alpha value is -3.19. The van der Waals surface area contributed by atoms with Crippen LogP contribution in [0.4, 0.5) is 11.4 Å². The molecule has 1 heterocycles. The number of benzene rings is 2. The van der Waals surface area contributed by atoms with Gasteiger partial charge in [-0.15, -0.1) is 0 Å². The summed E-state index contributed by atoms with van der Waals surface area (Å²) in [6.45, 7) is 3.29. The van der Waals surface area contributed by atoms with Gasteiger partial charge in [0.05, 0.1) is 11.3 Å². The minimum absolute atomic E-state index is 0.191. The molecule has 0 bridgehead atoms. The Morgan fingerprint density at radius 2 is 2.00 bits per heavy atom. The second kappa shape index (κ2) is 8.22. The van der Waals surface area contributed by atoms with E-state index in [0.29, 0.717) is 16.3 Å². The minimum Gasteiger partial charge on any atom is -0.454 e. The third-order valence-corrected chi connectivity index (χ3v) is 4.60. The van der Waals surface area contributed by atoms with Gasteiger partial charge in [-0.25, -0.2) is 4.79 Å². The van der Waals surface area contributed by atoms with Crippen molar-refractivity contribution >= 4 is 29.2 Å². The first kappa shape index (κ1) is 19.6. The van der Waals surface area contributed by atoms with Crippen LogP contribution in [0.1, 0.15) is 65.5 Å². The number of unbranched alkanes of at least 4 members (excludes halogenated alkanes) is 1. The number of anilines is 2. The normalized spacial score (nSPS) is 15.0. The van der Waals surface area contributed by atoms with Crippen molar-refractivity contribution in [2.24, 2.45) is 0 Å². The molecule has 28 heavy (non-hydrogen) atoms. The summed E-state index contributed by atoms with van der Waals surface area (Å²) in [4.78, 5) is 35.9. The Balaban J connectivity index is 1.77. The summed E-state index contributed by atoms with van der Waals surface area (Å²) in [6.07, 6.45) is 2.53. The highest BCUT2D eigenvalue weighted by Gasteiger charge is 2.30. The molecule has 0 aromatic heterocycles. The number of esters is 1. The predicted molar refractivity (Wildman–Crippen MR) is 103 cm³/mol. The van der Waals surface area contributed by atoms with Crippen molar-refractivity contribution in [1.29, 1.82) is 0 Å². The number of rotatable bonds is 6. The van der Waals surface area contributed by atoms with Crippen molar-refractivity contribution < 1.29 is 24.3 Å². The lowest BCUT2D eigenvalue weighted by Crippen LogP contribution is -2.24. The molecule has 7 heteroatoms. The molecular formula is C21H22N2O5. The van der Waals surface area contributed by atoms with Gasteiger partial charge in [0.2, 0.25) is 5.91 Å². The summed E-state index contributed by atoms with van der Waals surface area (Å²) in [5.41, 5.74) is 2.23. The molecule has 1 unspecified atom stereocenters. The van der Waals surface area contributed by atoms with E-state index in [9.17, 15) is 19.6 Å². The van der Waals surface area contributed by atoms with Gasteiger partial charge in [-0.3, -0.25) is 14.8 Å². The maximum atomic E-state index is 12.5. The first-order chi connectivity index (χ1) is 13.4. The highest BCUT2D eigenvalue weighted by Crippen LogP contribution is 2.35. The van der Waals surface area contributed by atoms with E-state index in [1.165, 1.54) is 19.1 Å². The number of hydroxylamine groups is 1. The van der Waals surface area contributed by atoms with Crippen molar-refractivity contribution in [3.8, 4) is 0 Å². The van der Waals surface area contributed by atoms with Crippen molar-refractivity contribution in [3.05, 3.63) is 59.2 Å². The molecule has 2 aromatic carbocycles. The molecular weight excluding hydrogens is 360 g/mol. The summed E-state index contributed by atoms with van der Waals surface area (Å²) < 4.78 is 5.43. The fraction of sp³-hybridized carbons (Fsp3) is 0.286. The number of hydrogen-bond acceptors (Lipinski definition) is 5. The Morgan fingerprint density at radius 3 is 2.71 bits per heavy atom. The van der Waals surface area contributed by atoms with Gasteiger partial charge in [0.25, 0.3) is 5.91 Å². The number of nitrogens with one attached hydrogen (secondary N) is 1. The van der Waals surface area contributed by atoms with Gasteiger partial charge in [-0.2, -0.15) is 5.06 Å². The molecule has 0 fully saturated rings. The first-order valence-corrected chi connectivity index (χ1v) is 9.16. The molecule has 0 saturated carbocycles. The largest absolute Gasteiger partial charge is 0.454 e. The number of fused-ring (bicyclic) bond motifs is 1. The van der Waals surface area contributed by atoms with Gasteiger partial charge in [-0.1, -0.05) is 25.5 Å². The molecule has 3 rings (SSSR count). The van der Waals surface area contributed by atoms with Crippen LogP contribution < -0.4 is 10.4 Å². The highest BCUT2D eigenvalue weighted by atomic mass is 16.5. The smallest absolute Gasteiger partial charge is 0.339 e. The zero-order valence-electron chi connectivity index (χ0n) is 15.8. The monoisotopic (exact) mass is 382 g/mol. The van der Waals surface area contributed by atoms with E-state index in [1.54, 1.807) is 30.3 Å². The highest BCUT2D eigenvalue weighted by molar-refractivity contribution is 6.06. The minimum atomic E-state index is -0.563. The number of carbonyl (C=O) groups is 3. The van der Waals surface area contributed by atoms with Crippen molar-refractivity contribution in [3.63, 3.8) is 0 Å². The SMILES string of the molecule is CCCCC1OC(=O)c2cc(NC(=O)c3cccc(N(O)C(C)=O)c3)ccc21. The lowest BCUT2D eigenvalue weighted by Gasteiger charge is -2.13. The van der Waals surface area contributed by atoms with Gasteiger partial charge in [0.15, 0.2) is 0 Å². The van der Waals surface area contributed by atoms with E-state index in [1.807, 2.05) is 0 Å². The Morgan fingerprint density at radius 1 is 1.21 bits per heavy atom. The van der Waals surface area contributed by atoms with E-state index in [2.05, 4.69) is 12.2 Å². The fourth-order valence-electron chi connectivity index (χ4n) is 3.12. The van der Waals surface area contributed by atoms with E-state index in [4.69, 9.17) is 4.74 Å². The van der Waals surface area contributed by atoms with Crippen LogP contribution in [0.3, 0.4) is 0 Å². The Kier molecular flexibility index (Phi) is 5.75. The molecule has 1 aliphatic rings.